The van der Waals surface area contributed by atoms with Crippen molar-refractivity contribution in [1.82, 2.24) is 4.98 Å². The summed E-state index contributed by atoms with van der Waals surface area (Å²) in [6.45, 7) is 2.41. The maximum Gasteiger partial charge on any atom is 0.341 e. The van der Waals surface area contributed by atoms with Gasteiger partial charge in [-0.1, -0.05) is 0 Å². The maximum absolute atomic E-state index is 10.5. The molecule has 1 aromatic carbocycles. The molecular formula is C19H22N2O4. The molecule has 1 aliphatic rings. The van der Waals surface area contributed by atoms with Crippen LogP contribution in [-0.4, -0.2) is 42.4 Å². The minimum atomic E-state index is -0.988. The summed E-state index contributed by atoms with van der Waals surface area (Å²) in [4.78, 5) is 16.9. The summed E-state index contributed by atoms with van der Waals surface area (Å²) in [6.07, 6.45) is 5.85. The van der Waals surface area contributed by atoms with E-state index in [2.05, 4.69) is 9.88 Å². The highest BCUT2D eigenvalue weighted by molar-refractivity contribution is 5.68. The van der Waals surface area contributed by atoms with Crippen molar-refractivity contribution in [3.05, 3.63) is 48.8 Å². The van der Waals surface area contributed by atoms with Gasteiger partial charge in [0.1, 0.15) is 11.5 Å². The highest BCUT2D eigenvalue weighted by atomic mass is 16.5. The van der Waals surface area contributed by atoms with Crippen molar-refractivity contribution in [2.24, 2.45) is 5.92 Å². The Hall–Kier alpha value is -2.76. The van der Waals surface area contributed by atoms with E-state index < -0.39 is 5.97 Å². The molecule has 0 saturated carbocycles. The van der Waals surface area contributed by atoms with Gasteiger partial charge in [0.2, 0.25) is 0 Å². The number of carbonyl (C=O) groups is 1. The summed E-state index contributed by atoms with van der Waals surface area (Å²) in [6, 6.07) is 11.2. The van der Waals surface area contributed by atoms with Gasteiger partial charge in [-0.25, -0.2) is 4.79 Å². The summed E-state index contributed by atoms with van der Waals surface area (Å²) in [5.41, 5.74) is 1.23. The zero-order chi connectivity index (χ0) is 17.5. The van der Waals surface area contributed by atoms with Crippen LogP contribution >= 0.6 is 0 Å². The number of pyridine rings is 1. The third-order valence-electron chi connectivity index (χ3n) is 4.31. The third-order valence-corrected chi connectivity index (χ3v) is 4.31. The zero-order valence-electron chi connectivity index (χ0n) is 14.0. The van der Waals surface area contributed by atoms with Gasteiger partial charge in [0.25, 0.3) is 0 Å². The molecule has 1 N–H and O–H groups in total. The number of aliphatic carboxylic acids is 1. The summed E-state index contributed by atoms with van der Waals surface area (Å²) in [5.74, 6) is 0.860. The smallest absolute Gasteiger partial charge is 0.341 e. The number of anilines is 1. The number of benzene rings is 1. The van der Waals surface area contributed by atoms with Crippen LogP contribution in [0.15, 0.2) is 48.8 Å². The van der Waals surface area contributed by atoms with Crippen molar-refractivity contribution in [3.63, 3.8) is 0 Å². The molecule has 0 spiro atoms. The van der Waals surface area contributed by atoms with Crippen LogP contribution in [0, 0.1) is 5.92 Å². The number of carboxylic acids is 1. The number of rotatable bonds is 7. The molecule has 6 heteroatoms. The molecule has 0 atom stereocenters. The molecule has 6 nitrogen and oxygen atoms in total. The topological polar surface area (TPSA) is 71.9 Å². The number of aromatic nitrogens is 1. The van der Waals surface area contributed by atoms with Crippen molar-refractivity contribution in [2.45, 2.75) is 12.8 Å². The van der Waals surface area contributed by atoms with Crippen molar-refractivity contribution in [2.75, 3.05) is 31.2 Å². The Bertz CT molecular complexity index is 668. The molecule has 1 aliphatic heterocycles. The van der Waals surface area contributed by atoms with E-state index in [9.17, 15) is 4.79 Å². The van der Waals surface area contributed by atoms with E-state index in [-0.39, 0.29) is 6.61 Å². The van der Waals surface area contributed by atoms with Gasteiger partial charge >= 0.3 is 5.97 Å². The highest BCUT2D eigenvalue weighted by Gasteiger charge is 2.20. The fourth-order valence-corrected chi connectivity index (χ4v) is 2.90. The van der Waals surface area contributed by atoms with Crippen LogP contribution in [-0.2, 0) is 4.79 Å². The van der Waals surface area contributed by atoms with Gasteiger partial charge in [0.15, 0.2) is 6.61 Å². The molecule has 2 aromatic rings. The summed E-state index contributed by atoms with van der Waals surface area (Å²) >= 11 is 0. The first-order chi connectivity index (χ1) is 12.2. The lowest BCUT2D eigenvalue weighted by Gasteiger charge is -2.33. The quantitative estimate of drug-likeness (QED) is 0.834. The lowest BCUT2D eigenvalue weighted by Crippen LogP contribution is -2.35. The van der Waals surface area contributed by atoms with Crippen LogP contribution < -0.4 is 14.4 Å². The number of carboxylic acid groups (broad SMARTS) is 1. The summed E-state index contributed by atoms with van der Waals surface area (Å²) in [5, 5.41) is 8.59. The fourth-order valence-electron chi connectivity index (χ4n) is 2.90. The number of hydrogen-bond donors (Lipinski definition) is 1. The van der Waals surface area contributed by atoms with Gasteiger partial charge in [-0.3, -0.25) is 4.98 Å². The highest BCUT2D eigenvalue weighted by Crippen LogP contribution is 2.24. The van der Waals surface area contributed by atoms with E-state index in [1.54, 1.807) is 12.1 Å². The van der Waals surface area contributed by atoms with Gasteiger partial charge in [-0.05, 0) is 55.2 Å². The standard InChI is InChI=1S/C19H22N2O4/c22-19(23)14-25-18-3-1-17(2-4-18)24-13-15-7-11-21(12-8-15)16-5-9-20-10-6-16/h1-6,9-10,15H,7-8,11-14H2,(H,22,23). The van der Waals surface area contributed by atoms with Crippen LogP contribution in [0.4, 0.5) is 5.69 Å². The van der Waals surface area contributed by atoms with Gasteiger partial charge in [-0.15, -0.1) is 0 Å². The number of piperidine rings is 1. The zero-order valence-corrected chi connectivity index (χ0v) is 14.0. The Balaban J connectivity index is 1.41. The van der Waals surface area contributed by atoms with Crippen LogP contribution in [0.1, 0.15) is 12.8 Å². The Morgan fingerprint density at radius 2 is 1.64 bits per heavy atom. The third kappa shape index (κ3) is 5.11. The average Bonchev–Trinajstić information content (AvgIpc) is 2.66. The molecule has 0 unspecified atom stereocenters. The number of hydrogen-bond acceptors (Lipinski definition) is 5. The van der Waals surface area contributed by atoms with Crippen LogP contribution in [0.3, 0.4) is 0 Å². The molecule has 25 heavy (non-hydrogen) atoms. The molecule has 0 radical (unpaired) electrons. The molecule has 0 amide bonds. The van der Waals surface area contributed by atoms with Gasteiger partial charge in [0.05, 0.1) is 6.61 Å². The van der Waals surface area contributed by atoms with Crippen LogP contribution in [0.25, 0.3) is 0 Å². The van der Waals surface area contributed by atoms with Crippen molar-refractivity contribution in [3.8, 4) is 11.5 Å². The minimum Gasteiger partial charge on any atom is -0.493 e. The first-order valence-corrected chi connectivity index (χ1v) is 8.43. The Labute approximate surface area is 147 Å². The normalized spacial score (nSPS) is 15.0. The molecule has 0 aliphatic carbocycles. The van der Waals surface area contributed by atoms with E-state index in [1.807, 2.05) is 36.7 Å². The average molecular weight is 342 g/mol. The SMILES string of the molecule is O=C(O)COc1ccc(OCC2CCN(c3ccncc3)CC2)cc1. The van der Waals surface area contributed by atoms with E-state index in [0.29, 0.717) is 18.3 Å². The Morgan fingerprint density at radius 3 is 2.24 bits per heavy atom. The first kappa shape index (κ1) is 17.1. The Kier molecular flexibility index (Phi) is 5.72. The largest absolute Gasteiger partial charge is 0.493 e. The lowest BCUT2D eigenvalue weighted by atomic mass is 9.97. The molecule has 1 saturated heterocycles. The molecule has 0 bridgehead atoms. The monoisotopic (exact) mass is 342 g/mol. The van der Waals surface area contributed by atoms with E-state index in [1.165, 1.54) is 5.69 Å². The lowest BCUT2D eigenvalue weighted by molar-refractivity contribution is -0.139. The number of ether oxygens (including phenoxy) is 2. The minimum absolute atomic E-state index is 0.337. The summed E-state index contributed by atoms with van der Waals surface area (Å²) in [7, 11) is 0. The second-order valence-electron chi connectivity index (χ2n) is 6.10. The van der Waals surface area contributed by atoms with Crippen molar-refractivity contribution in [1.29, 1.82) is 0 Å². The Morgan fingerprint density at radius 1 is 1.04 bits per heavy atom. The van der Waals surface area contributed by atoms with E-state index in [4.69, 9.17) is 14.6 Å². The second-order valence-corrected chi connectivity index (χ2v) is 6.10. The van der Waals surface area contributed by atoms with E-state index >= 15 is 0 Å². The fraction of sp³-hybridized carbons (Fsp3) is 0.368. The molecular weight excluding hydrogens is 320 g/mol. The predicted octanol–water partition coefficient (Wildman–Crippen LogP) is 2.84. The maximum atomic E-state index is 10.5. The first-order valence-electron chi connectivity index (χ1n) is 8.43. The molecule has 1 aromatic heterocycles. The molecule has 132 valence electrons. The summed E-state index contributed by atoms with van der Waals surface area (Å²) < 4.78 is 11.0. The van der Waals surface area contributed by atoms with E-state index in [0.717, 1.165) is 31.7 Å². The van der Waals surface area contributed by atoms with Gasteiger partial charge in [0, 0.05) is 31.2 Å². The number of nitrogens with zero attached hydrogens (tertiary/aromatic N) is 2. The van der Waals surface area contributed by atoms with Gasteiger partial charge < -0.3 is 19.5 Å². The molecule has 2 heterocycles. The van der Waals surface area contributed by atoms with Crippen molar-refractivity contribution >= 4 is 11.7 Å². The van der Waals surface area contributed by atoms with Crippen LogP contribution in [0.5, 0.6) is 11.5 Å². The predicted molar refractivity (Wildman–Crippen MR) is 94.2 cm³/mol. The second kappa shape index (κ2) is 8.37. The molecule has 1 fully saturated rings. The van der Waals surface area contributed by atoms with Crippen LogP contribution in [0.2, 0.25) is 0 Å². The molecule has 3 rings (SSSR count). The van der Waals surface area contributed by atoms with Gasteiger partial charge in [-0.2, -0.15) is 0 Å². The van der Waals surface area contributed by atoms with Crippen molar-refractivity contribution < 1.29 is 19.4 Å².